The zero-order valence-electron chi connectivity index (χ0n) is 14.8. The Morgan fingerprint density at radius 1 is 1.12 bits per heavy atom. The van der Waals surface area contributed by atoms with Crippen molar-refractivity contribution in [1.82, 2.24) is 5.32 Å². The number of methoxy groups -OCH3 is 1. The third-order valence-electron chi connectivity index (χ3n) is 4.18. The van der Waals surface area contributed by atoms with Crippen LogP contribution in [0.1, 0.15) is 42.4 Å². The minimum Gasteiger partial charge on any atom is -0.497 e. The largest absolute Gasteiger partial charge is 0.497 e. The number of nitrogens with one attached hydrogen (secondary N) is 1. The van der Waals surface area contributed by atoms with E-state index in [2.05, 4.69) is 19.2 Å². The maximum absolute atomic E-state index is 12.7. The summed E-state index contributed by atoms with van der Waals surface area (Å²) in [6.45, 7) is 4.29. The maximum Gasteiger partial charge on any atom is 0.287 e. The molecule has 4 heteroatoms. The quantitative estimate of drug-likeness (QED) is 0.692. The molecular formula is C21H23NO3. The van der Waals surface area contributed by atoms with Gasteiger partial charge in [-0.25, -0.2) is 0 Å². The number of carbonyl (C=O) groups excluding carboxylic acids is 1. The predicted octanol–water partition coefficient (Wildman–Crippen LogP) is 4.96. The van der Waals surface area contributed by atoms with Crippen molar-refractivity contribution in [2.75, 3.05) is 7.11 Å². The first-order chi connectivity index (χ1) is 12.1. The van der Waals surface area contributed by atoms with E-state index in [-0.39, 0.29) is 11.9 Å². The molecule has 1 amide bonds. The number of hydrogen-bond acceptors (Lipinski definition) is 3. The van der Waals surface area contributed by atoms with Gasteiger partial charge in [-0.15, -0.1) is 0 Å². The zero-order chi connectivity index (χ0) is 17.8. The van der Waals surface area contributed by atoms with Crippen LogP contribution >= 0.6 is 0 Å². The molecule has 0 radical (unpaired) electrons. The summed E-state index contributed by atoms with van der Waals surface area (Å²) in [6, 6.07) is 17.1. The highest BCUT2D eigenvalue weighted by Gasteiger charge is 2.19. The Morgan fingerprint density at radius 2 is 1.84 bits per heavy atom. The molecule has 25 heavy (non-hydrogen) atoms. The van der Waals surface area contributed by atoms with Crippen LogP contribution in [0.25, 0.3) is 11.0 Å². The van der Waals surface area contributed by atoms with E-state index in [1.54, 1.807) is 13.2 Å². The Kier molecular flexibility index (Phi) is 5.08. The Hall–Kier alpha value is -2.75. The molecule has 0 saturated carbocycles. The van der Waals surface area contributed by atoms with Crippen molar-refractivity contribution < 1.29 is 13.9 Å². The van der Waals surface area contributed by atoms with Crippen LogP contribution in [0.4, 0.5) is 0 Å². The summed E-state index contributed by atoms with van der Waals surface area (Å²) in [4.78, 5) is 12.7. The van der Waals surface area contributed by atoms with Gasteiger partial charge in [0.25, 0.3) is 5.91 Å². The van der Waals surface area contributed by atoms with E-state index in [4.69, 9.17) is 9.15 Å². The van der Waals surface area contributed by atoms with Gasteiger partial charge in [0.2, 0.25) is 0 Å². The number of benzene rings is 2. The van der Waals surface area contributed by atoms with E-state index in [0.717, 1.165) is 28.7 Å². The van der Waals surface area contributed by atoms with E-state index in [1.807, 2.05) is 48.5 Å². The van der Waals surface area contributed by atoms with Crippen molar-refractivity contribution in [2.24, 2.45) is 5.92 Å². The highest BCUT2D eigenvalue weighted by atomic mass is 16.5. The summed E-state index contributed by atoms with van der Waals surface area (Å²) >= 11 is 0. The minimum atomic E-state index is -0.197. The number of ether oxygens (including phenoxy) is 1. The average molecular weight is 337 g/mol. The van der Waals surface area contributed by atoms with E-state index in [1.165, 1.54) is 0 Å². The fraction of sp³-hybridized carbons (Fsp3) is 0.286. The average Bonchev–Trinajstić information content (AvgIpc) is 3.05. The summed E-state index contributed by atoms with van der Waals surface area (Å²) in [5.41, 5.74) is 1.77. The molecule has 0 aliphatic rings. The maximum atomic E-state index is 12.7. The molecular weight excluding hydrogens is 314 g/mol. The number of rotatable bonds is 6. The van der Waals surface area contributed by atoms with Gasteiger partial charge in [-0.2, -0.15) is 0 Å². The Labute approximate surface area is 147 Å². The highest BCUT2D eigenvalue weighted by molar-refractivity contribution is 5.96. The van der Waals surface area contributed by atoms with Gasteiger partial charge in [-0.05, 0) is 42.2 Å². The molecule has 0 saturated heterocycles. The van der Waals surface area contributed by atoms with E-state index < -0.39 is 0 Å². The van der Waals surface area contributed by atoms with Crippen molar-refractivity contribution in [3.05, 3.63) is 65.9 Å². The Morgan fingerprint density at radius 3 is 2.48 bits per heavy atom. The fourth-order valence-electron chi connectivity index (χ4n) is 2.91. The van der Waals surface area contributed by atoms with E-state index in [0.29, 0.717) is 11.7 Å². The Bertz CT molecular complexity index is 816. The zero-order valence-corrected chi connectivity index (χ0v) is 14.8. The van der Waals surface area contributed by atoms with Crippen molar-refractivity contribution in [1.29, 1.82) is 0 Å². The van der Waals surface area contributed by atoms with Gasteiger partial charge < -0.3 is 14.5 Å². The third kappa shape index (κ3) is 4.02. The van der Waals surface area contributed by atoms with Gasteiger partial charge in [-0.3, -0.25) is 4.79 Å². The second-order valence-corrected chi connectivity index (χ2v) is 6.58. The van der Waals surface area contributed by atoms with Gasteiger partial charge in [0.15, 0.2) is 5.76 Å². The second-order valence-electron chi connectivity index (χ2n) is 6.58. The fourth-order valence-corrected chi connectivity index (χ4v) is 2.91. The lowest BCUT2D eigenvalue weighted by atomic mass is 9.96. The molecule has 0 aliphatic carbocycles. The molecule has 0 spiro atoms. The van der Waals surface area contributed by atoms with Crippen LogP contribution in [0.2, 0.25) is 0 Å². The summed E-state index contributed by atoms with van der Waals surface area (Å²) in [7, 11) is 1.64. The van der Waals surface area contributed by atoms with Gasteiger partial charge in [0.1, 0.15) is 11.3 Å². The van der Waals surface area contributed by atoms with Crippen LogP contribution in [0.15, 0.2) is 59.0 Å². The van der Waals surface area contributed by atoms with Crippen molar-refractivity contribution in [3.63, 3.8) is 0 Å². The highest BCUT2D eigenvalue weighted by Crippen LogP contribution is 2.25. The summed E-state index contributed by atoms with van der Waals surface area (Å²) in [6.07, 6.45) is 0.846. The third-order valence-corrected chi connectivity index (χ3v) is 4.18. The van der Waals surface area contributed by atoms with Crippen molar-refractivity contribution in [3.8, 4) is 5.75 Å². The standard InChI is InChI=1S/C21H23NO3/c1-14(2)12-18(15-8-10-17(24-3)11-9-15)22-21(23)20-13-16-6-4-5-7-19(16)25-20/h4-11,13-14,18H,12H2,1-3H3,(H,22,23)/t18-/m0/s1. The lowest BCUT2D eigenvalue weighted by Crippen LogP contribution is -2.29. The van der Waals surface area contributed by atoms with Crippen LogP contribution < -0.4 is 10.1 Å². The molecule has 0 unspecified atom stereocenters. The van der Waals surface area contributed by atoms with Gasteiger partial charge in [-0.1, -0.05) is 44.2 Å². The molecule has 1 N–H and O–H groups in total. The SMILES string of the molecule is COc1ccc([C@H](CC(C)C)NC(=O)c2cc3ccccc3o2)cc1. The normalized spacial score (nSPS) is 12.3. The lowest BCUT2D eigenvalue weighted by Gasteiger charge is -2.21. The molecule has 130 valence electrons. The molecule has 2 aromatic carbocycles. The minimum absolute atomic E-state index is 0.0772. The van der Waals surface area contributed by atoms with Crippen LogP contribution in [0.3, 0.4) is 0 Å². The van der Waals surface area contributed by atoms with E-state index in [9.17, 15) is 4.79 Å². The Balaban J connectivity index is 1.82. The first kappa shape index (κ1) is 17.1. The molecule has 3 aromatic rings. The van der Waals surface area contributed by atoms with Crippen LogP contribution in [-0.4, -0.2) is 13.0 Å². The molecule has 0 fully saturated rings. The molecule has 0 aliphatic heterocycles. The summed E-state index contributed by atoms with van der Waals surface area (Å²) in [5, 5.41) is 4.03. The van der Waals surface area contributed by atoms with Crippen LogP contribution in [0, 0.1) is 5.92 Å². The smallest absolute Gasteiger partial charge is 0.287 e. The van der Waals surface area contributed by atoms with Crippen LogP contribution in [-0.2, 0) is 0 Å². The van der Waals surface area contributed by atoms with E-state index >= 15 is 0 Å². The molecule has 1 atom stereocenters. The summed E-state index contributed by atoms with van der Waals surface area (Å²) < 4.78 is 10.9. The monoisotopic (exact) mass is 337 g/mol. The second kappa shape index (κ2) is 7.43. The number of carbonyl (C=O) groups is 1. The topological polar surface area (TPSA) is 51.5 Å². The first-order valence-corrected chi connectivity index (χ1v) is 8.50. The molecule has 0 bridgehead atoms. The van der Waals surface area contributed by atoms with Crippen LogP contribution in [0.5, 0.6) is 5.75 Å². The number of furan rings is 1. The number of fused-ring (bicyclic) bond motifs is 1. The summed E-state index contributed by atoms with van der Waals surface area (Å²) in [5.74, 6) is 1.39. The lowest BCUT2D eigenvalue weighted by molar-refractivity contribution is 0.0906. The molecule has 4 nitrogen and oxygen atoms in total. The molecule has 1 aromatic heterocycles. The van der Waals surface area contributed by atoms with Gasteiger partial charge in [0.05, 0.1) is 13.2 Å². The van der Waals surface area contributed by atoms with Gasteiger partial charge >= 0.3 is 0 Å². The number of para-hydroxylation sites is 1. The number of amides is 1. The van der Waals surface area contributed by atoms with Crippen molar-refractivity contribution in [2.45, 2.75) is 26.3 Å². The molecule has 3 rings (SSSR count). The van der Waals surface area contributed by atoms with Crippen molar-refractivity contribution >= 4 is 16.9 Å². The first-order valence-electron chi connectivity index (χ1n) is 8.50. The number of hydrogen-bond donors (Lipinski definition) is 1. The predicted molar refractivity (Wildman–Crippen MR) is 98.9 cm³/mol. The molecule has 1 heterocycles. The van der Waals surface area contributed by atoms with Gasteiger partial charge in [0, 0.05) is 5.39 Å².